The molecule has 0 saturated carbocycles. The van der Waals surface area contributed by atoms with Gasteiger partial charge in [0.1, 0.15) is 11.5 Å². The van der Waals surface area contributed by atoms with E-state index in [1.807, 2.05) is 19.9 Å². The van der Waals surface area contributed by atoms with Crippen molar-refractivity contribution in [2.45, 2.75) is 13.8 Å². The third-order valence-corrected chi connectivity index (χ3v) is 5.27. The number of para-hydroxylation sites is 1. The molecule has 1 N–H and O–H groups in total. The molecule has 35 heavy (non-hydrogen) atoms. The van der Waals surface area contributed by atoms with E-state index in [9.17, 15) is 24.8 Å². The van der Waals surface area contributed by atoms with Gasteiger partial charge in [-0.3, -0.25) is 14.9 Å². The van der Waals surface area contributed by atoms with Crippen LogP contribution in [-0.4, -0.2) is 27.6 Å². The maximum Gasteiger partial charge on any atom is 0.335 e. The second-order valence-electron chi connectivity index (χ2n) is 8.06. The number of aromatic carboxylic acids is 1. The Balaban J connectivity index is 1.80. The van der Waals surface area contributed by atoms with Gasteiger partial charge in [-0.15, -0.1) is 0 Å². The number of carboxylic acids is 1. The molecule has 0 bridgehead atoms. The number of carboxylic acid groups (broad SMARTS) is 1. The van der Waals surface area contributed by atoms with Crippen LogP contribution in [0.15, 0.2) is 83.5 Å². The van der Waals surface area contributed by atoms with Gasteiger partial charge in [0.05, 0.1) is 27.5 Å². The fourth-order valence-electron chi connectivity index (χ4n) is 3.56. The van der Waals surface area contributed by atoms with Crippen LogP contribution in [0.1, 0.15) is 29.8 Å². The number of hydrazone groups is 1. The van der Waals surface area contributed by atoms with E-state index in [0.29, 0.717) is 28.5 Å². The number of anilines is 1. The molecule has 176 valence electrons. The van der Waals surface area contributed by atoms with Gasteiger partial charge in [-0.1, -0.05) is 38.1 Å². The Bertz CT molecular complexity index is 1380. The van der Waals surface area contributed by atoms with Crippen molar-refractivity contribution in [3.8, 4) is 11.5 Å². The van der Waals surface area contributed by atoms with E-state index in [0.717, 1.165) is 5.01 Å². The molecule has 1 aliphatic rings. The number of amides is 1. The second kappa shape index (κ2) is 9.60. The number of nitrogens with zero attached hydrogens (tertiary/aromatic N) is 3. The normalized spacial score (nSPS) is 14.4. The first-order valence-electron chi connectivity index (χ1n) is 10.7. The number of nitro groups is 1. The summed E-state index contributed by atoms with van der Waals surface area (Å²) < 4.78 is 5.94. The van der Waals surface area contributed by atoms with Crippen molar-refractivity contribution >= 4 is 35.0 Å². The van der Waals surface area contributed by atoms with Crippen molar-refractivity contribution in [3.63, 3.8) is 0 Å². The summed E-state index contributed by atoms with van der Waals surface area (Å²) in [5.41, 5.74) is 1.20. The average molecular weight is 471 g/mol. The Labute approximate surface area is 200 Å². The van der Waals surface area contributed by atoms with Crippen molar-refractivity contribution in [3.05, 3.63) is 99.6 Å². The van der Waals surface area contributed by atoms with Gasteiger partial charge in [0.15, 0.2) is 0 Å². The highest BCUT2D eigenvalue weighted by Crippen LogP contribution is 2.34. The summed E-state index contributed by atoms with van der Waals surface area (Å²) >= 11 is 0. The summed E-state index contributed by atoms with van der Waals surface area (Å²) in [5, 5.41) is 26.3. The minimum absolute atomic E-state index is 0.0197. The molecule has 0 aliphatic carbocycles. The molecule has 0 radical (unpaired) electrons. The number of ether oxygens (including phenoxy) is 1. The van der Waals surface area contributed by atoms with Crippen LogP contribution in [0.25, 0.3) is 6.08 Å². The number of rotatable bonds is 7. The summed E-state index contributed by atoms with van der Waals surface area (Å²) in [6.07, 6.45) is 1.52. The van der Waals surface area contributed by atoms with Gasteiger partial charge >= 0.3 is 5.97 Å². The third kappa shape index (κ3) is 4.93. The molecule has 9 heteroatoms. The Kier molecular flexibility index (Phi) is 6.41. The highest BCUT2D eigenvalue weighted by atomic mass is 16.6. The second-order valence-corrected chi connectivity index (χ2v) is 8.06. The molecule has 1 heterocycles. The first-order valence-corrected chi connectivity index (χ1v) is 10.7. The lowest BCUT2D eigenvalue weighted by molar-refractivity contribution is -0.384. The molecule has 1 amide bonds. The van der Waals surface area contributed by atoms with E-state index in [-0.39, 0.29) is 22.7 Å². The third-order valence-electron chi connectivity index (χ3n) is 5.27. The molecule has 4 rings (SSSR count). The summed E-state index contributed by atoms with van der Waals surface area (Å²) in [6.45, 7) is 3.73. The van der Waals surface area contributed by atoms with Crippen molar-refractivity contribution in [2.24, 2.45) is 11.0 Å². The van der Waals surface area contributed by atoms with Crippen molar-refractivity contribution in [1.82, 2.24) is 0 Å². The number of non-ortho nitro benzene ring substituents is 1. The van der Waals surface area contributed by atoms with Crippen LogP contribution in [0, 0.1) is 16.0 Å². The standard InChI is InChI=1S/C26H21N3O6/c1-16(2)24-22(25(30)28(27-24)19-8-6-7-17(13-19)26(31)32)15-18-14-20(29(33)34)11-12-23(18)35-21-9-4-3-5-10-21/h3-16H,1-2H3,(H,31,32)/b22-15-. The Morgan fingerprint density at radius 1 is 1.09 bits per heavy atom. The zero-order chi connectivity index (χ0) is 25.1. The number of carbonyl (C=O) groups is 2. The van der Waals surface area contributed by atoms with E-state index in [1.54, 1.807) is 30.3 Å². The first kappa shape index (κ1) is 23.4. The maximum absolute atomic E-state index is 13.4. The van der Waals surface area contributed by atoms with Crippen LogP contribution in [-0.2, 0) is 4.79 Å². The lowest BCUT2D eigenvalue weighted by Crippen LogP contribution is -2.22. The van der Waals surface area contributed by atoms with Gasteiger partial charge in [-0.25, -0.2) is 4.79 Å². The van der Waals surface area contributed by atoms with E-state index < -0.39 is 16.8 Å². The lowest BCUT2D eigenvalue weighted by atomic mass is 9.97. The summed E-state index contributed by atoms with van der Waals surface area (Å²) in [7, 11) is 0. The molecule has 0 unspecified atom stereocenters. The quantitative estimate of drug-likeness (QED) is 0.275. The number of benzene rings is 3. The van der Waals surface area contributed by atoms with Gasteiger partial charge in [0.2, 0.25) is 0 Å². The predicted octanol–water partition coefficient (Wildman–Crippen LogP) is 5.53. The molecule has 3 aromatic carbocycles. The molecule has 0 atom stereocenters. The monoisotopic (exact) mass is 471 g/mol. The van der Waals surface area contributed by atoms with Crippen LogP contribution in [0.3, 0.4) is 0 Å². The fourth-order valence-corrected chi connectivity index (χ4v) is 3.56. The van der Waals surface area contributed by atoms with Crippen LogP contribution in [0.2, 0.25) is 0 Å². The molecule has 1 aliphatic heterocycles. The summed E-state index contributed by atoms with van der Waals surface area (Å²) in [5.74, 6) is -0.898. The van der Waals surface area contributed by atoms with E-state index in [1.165, 1.54) is 42.5 Å². The largest absolute Gasteiger partial charge is 0.478 e. The summed E-state index contributed by atoms with van der Waals surface area (Å²) in [6, 6.07) is 19.0. The van der Waals surface area contributed by atoms with E-state index in [4.69, 9.17) is 4.74 Å². The molecular formula is C26H21N3O6. The van der Waals surface area contributed by atoms with Gasteiger partial charge in [0.25, 0.3) is 11.6 Å². The molecule has 3 aromatic rings. The Morgan fingerprint density at radius 3 is 2.49 bits per heavy atom. The smallest absolute Gasteiger partial charge is 0.335 e. The number of hydrogen-bond donors (Lipinski definition) is 1. The zero-order valence-corrected chi connectivity index (χ0v) is 18.9. The van der Waals surface area contributed by atoms with Gasteiger partial charge in [-0.2, -0.15) is 10.1 Å². The predicted molar refractivity (Wildman–Crippen MR) is 131 cm³/mol. The highest BCUT2D eigenvalue weighted by molar-refractivity contribution is 6.33. The minimum atomic E-state index is -1.12. The van der Waals surface area contributed by atoms with E-state index >= 15 is 0 Å². The van der Waals surface area contributed by atoms with Crippen molar-refractivity contribution < 1.29 is 24.4 Å². The van der Waals surface area contributed by atoms with Crippen LogP contribution in [0.4, 0.5) is 11.4 Å². The van der Waals surface area contributed by atoms with Gasteiger partial charge in [-0.05, 0) is 48.4 Å². The maximum atomic E-state index is 13.4. The van der Waals surface area contributed by atoms with Gasteiger partial charge in [0, 0.05) is 17.7 Å². The molecule has 0 saturated heterocycles. The molecule has 9 nitrogen and oxygen atoms in total. The molecule has 0 spiro atoms. The first-order chi connectivity index (χ1) is 16.7. The summed E-state index contributed by atoms with van der Waals surface area (Å²) in [4.78, 5) is 35.7. The number of carbonyl (C=O) groups excluding carboxylic acids is 1. The van der Waals surface area contributed by atoms with Crippen molar-refractivity contribution in [1.29, 1.82) is 0 Å². The van der Waals surface area contributed by atoms with Crippen molar-refractivity contribution in [2.75, 3.05) is 5.01 Å². The van der Waals surface area contributed by atoms with Crippen LogP contribution >= 0.6 is 0 Å². The van der Waals surface area contributed by atoms with Crippen LogP contribution in [0.5, 0.6) is 11.5 Å². The highest BCUT2D eigenvalue weighted by Gasteiger charge is 2.33. The minimum Gasteiger partial charge on any atom is -0.478 e. The fraction of sp³-hybridized carbons (Fsp3) is 0.115. The lowest BCUT2D eigenvalue weighted by Gasteiger charge is -2.12. The van der Waals surface area contributed by atoms with E-state index in [2.05, 4.69) is 5.10 Å². The Hall–Kier alpha value is -4.79. The molecule has 0 fully saturated rings. The number of nitro benzene ring substituents is 1. The molecule has 0 aromatic heterocycles. The Morgan fingerprint density at radius 2 is 1.83 bits per heavy atom. The topological polar surface area (TPSA) is 122 Å². The van der Waals surface area contributed by atoms with Gasteiger partial charge < -0.3 is 9.84 Å². The average Bonchev–Trinajstić information content (AvgIpc) is 3.17. The van der Waals surface area contributed by atoms with Crippen LogP contribution < -0.4 is 9.75 Å². The molecular weight excluding hydrogens is 450 g/mol. The number of hydrogen-bond acceptors (Lipinski definition) is 6. The zero-order valence-electron chi connectivity index (χ0n) is 18.9. The SMILES string of the molecule is CC(C)C1=NN(c2cccc(C(=O)O)c2)C(=O)/C1=C\c1cc([N+](=O)[O-])ccc1Oc1ccccc1.